The summed E-state index contributed by atoms with van der Waals surface area (Å²) in [6, 6.07) is 16.7. The number of carbonyl (C=O) groups excluding carboxylic acids is 2. The Kier molecular flexibility index (Phi) is 5.98. The van der Waals surface area contributed by atoms with Crippen molar-refractivity contribution in [2.24, 2.45) is 0 Å². The zero-order chi connectivity index (χ0) is 22.7. The van der Waals surface area contributed by atoms with E-state index in [0.29, 0.717) is 11.2 Å². The highest BCUT2D eigenvalue weighted by Gasteiger charge is 2.18. The van der Waals surface area contributed by atoms with E-state index in [1.165, 1.54) is 12.7 Å². The summed E-state index contributed by atoms with van der Waals surface area (Å²) in [6.45, 7) is 4.10. The van der Waals surface area contributed by atoms with Crippen LogP contribution in [-0.2, 0) is 15.9 Å². The minimum absolute atomic E-state index is 0.193. The van der Waals surface area contributed by atoms with Crippen LogP contribution in [0.15, 0.2) is 60.8 Å². The van der Waals surface area contributed by atoms with Crippen molar-refractivity contribution in [3.63, 3.8) is 0 Å². The van der Waals surface area contributed by atoms with Gasteiger partial charge in [-0.05, 0) is 60.4 Å². The summed E-state index contributed by atoms with van der Waals surface area (Å²) in [5.41, 5.74) is 4.83. The minimum Gasteiger partial charge on any atom is -0.465 e. The summed E-state index contributed by atoms with van der Waals surface area (Å²) >= 11 is 0. The zero-order valence-electron chi connectivity index (χ0n) is 18.2. The number of nitrogens with zero attached hydrogens (tertiary/aromatic N) is 3. The summed E-state index contributed by atoms with van der Waals surface area (Å²) in [5, 5.41) is 5.32. The number of hydrogen-bond donors (Lipinski definition) is 0. The fraction of sp³-hybridized carbons (Fsp3) is 0.200. The number of fused-ring (bicyclic) bond motifs is 1. The van der Waals surface area contributed by atoms with E-state index in [1.807, 2.05) is 36.4 Å². The van der Waals surface area contributed by atoms with Gasteiger partial charge >= 0.3 is 11.9 Å². The predicted octanol–water partition coefficient (Wildman–Crippen LogP) is 4.61. The minimum atomic E-state index is -0.504. The second kappa shape index (κ2) is 9.01. The van der Waals surface area contributed by atoms with Crippen molar-refractivity contribution in [2.45, 2.75) is 20.3 Å². The molecule has 0 fully saturated rings. The maximum Gasteiger partial charge on any atom is 0.357 e. The number of carbonyl (C=O) groups is 2. The SMILES string of the molecule is CCOC(=O)c1cc(-c2ccc(C(=O)OC)cc2)c2cnn(-c3ccc(CC)cc3)c2n1. The Bertz CT molecular complexity index is 1280. The molecule has 0 unspecified atom stereocenters. The smallest absolute Gasteiger partial charge is 0.357 e. The highest BCUT2D eigenvalue weighted by atomic mass is 16.5. The molecule has 4 aromatic rings. The lowest BCUT2D eigenvalue weighted by Crippen LogP contribution is -2.09. The van der Waals surface area contributed by atoms with Crippen molar-refractivity contribution in [3.05, 3.63) is 77.6 Å². The summed E-state index contributed by atoms with van der Waals surface area (Å²) in [5.74, 6) is -0.914. The Morgan fingerprint density at radius 1 is 0.969 bits per heavy atom. The largest absolute Gasteiger partial charge is 0.465 e. The molecule has 7 heteroatoms. The van der Waals surface area contributed by atoms with E-state index in [4.69, 9.17) is 9.47 Å². The van der Waals surface area contributed by atoms with Crippen LogP contribution in [-0.4, -0.2) is 40.4 Å². The van der Waals surface area contributed by atoms with Crippen LogP contribution in [0, 0.1) is 0 Å². The maximum absolute atomic E-state index is 12.5. The van der Waals surface area contributed by atoms with Gasteiger partial charge in [-0.3, -0.25) is 0 Å². The van der Waals surface area contributed by atoms with Gasteiger partial charge in [-0.2, -0.15) is 5.10 Å². The fourth-order valence-corrected chi connectivity index (χ4v) is 3.51. The lowest BCUT2D eigenvalue weighted by atomic mass is 10.0. The molecule has 0 saturated carbocycles. The van der Waals surface area contributed by atoms with Crippen molar-refractivity contribution in [2.75, 3.05) is 13.7 Å². The number of benzene rings is 2. The maximum atomic E-state index is 12.5. The summed E-state index contributed by atoms with van der Waals surface area (Å²) in [7, 11) is 1.34. The molecule has 2 heterocycles. The van der Waals surface area contributed by atoms with Crippen LogP contribution < -0.4 is 0 Å². The molecule has 7 nitrogen and oxygen atoms in total. The third kappa shape index (κ3) is 3.97. The van der Waals surface area contributed by atoms with Crippen LogP contribution in [0.1, 0.15) is 40.3 Å². The van der Waals surface area contributed by atoms with Crippen molar-refractivity contribution in [3.8, 4) is 16.8 Å². The molecule has 0 spiro atoms. The standard InChI is InChI=1S/C25H23N3O4/c1-4-16-6-12-19(13-7-16)28-23-21(15-26-28)20(14-22(27-23)25(30)32-5-2)17-8-10-18(11-9-17)24(29)31-3/h6-15H,4-5H2,1-3H3. The van der Waals surface area contributed by atoms with Crippen molar-refractivity contribution in [1.29, 1.82) is 0 Å². The average Bonchev–Trinajstić information content (AvgIpc) is 3.27. The first kappa shape index (κ1) is 21.2. The van der Waals surface area contributed by atoms with Gasteiger partial charge in [0.25, 0.3) is 0 Å². The molecule has 0 amide bonds. The zero-order valence-corrected chi connectivity index (χ0v) is 18.2. The van der Waals surface area contributed by atoms with E-state index in [9.17, 15) is 9.59 Å². The molecule has 32 heavy (non-hydrogen) atoms. The van der Waals surface area contributed by atoms with Crippen LogP contribution >= 0.6 is 0 Å². The predicted molar refractivity (Wildman–Crippen MR) is 121 cm³/mol. The summed E-state index contributed by atoms with van der Waals surface area (Å²) < 4.78 is 11.7. The van der Waals surface area contributed by atoms with Gasteiger partial charge in [-0.25, -0.2) is 19.3 Å². The molecule has 2 aromatic heterocycles. The van der Waals surface area contributed by atoms with Gasteiger partial charge in [0.05, 0.1) is 31.2 Å². The number of esters is 2. The first-order valence-electron chi connectivity index (χ1n) is 10.4. The molecule has 0 N–H and O–H groups in total. The van der Waals surface area contributed by atoms with Crippen molar-refractivity contribution in [1.82, 2.24) is 14.8 Å². The molecular formula is C25H23N3O4. The van der Waals surface area contributed by atoms with Gasteiger partial charge in [-0.1, -0.05) is 31.2 Å². The lowest BCUT2D eigenvalue weighted by Gasteiger charge is -2.10. The molecule has 0 bridgehead atoms. The molecule has 0 aliphatic carbocycles. The van der Waals surface area contributed by atoms with E-state index in [1.54, 1.807) is 36.0 Å². The molecule has 4 rings (SSSR count). The number of methoxy groups -OCH3 is 1. The Morgan fingerprint density at radius 3 is 2.31 bits per heavy atom. The molecule has 0 atom stereocenters. The number of hydrogen-bond acceptors (Lipinski definition) is 6. The fourth-order valence-electron chi connectivity index (χ4n) is 3.51. The van der Waals surface area contributed by atoms with E-state index < -0.39 is 11.9 Å². The number of aromatic nitrogens is 3. The van der Waals surface area contributed by atoms with Crippen molar-refractivity contribution >= 4 is 23.0 Å². The first-order valence-corrected chi connectivity index (χ1v) is 10.4. The van der Waals surface area contributed by atoms with Gasteiger partial charge in [-0.15, -0.1) is 0 Å². The third-order valence-electron chi connectivity index (χ3n) is 5.23. The summed E-state index contributed by atoms with van der Waals surface area (Å²) in [6.07, 6.45) is 2.67. The number of aryl methyl sites for hydroxylation is 1. The Hall–Kier alpha value is -4.00. The number of ether oxygens (including phenoxy) is 2. The highest BCUT2D eigenvalue weighted by molar-refractivity contribution is 5.99. The van der Waals surface area contributed by atoms with Crippen LogP contribution in [0.3, 0.4) is 0 Å². The van der Waals surface area contributed by atoms with E-state index in [-0.39, 0.29) is 12.3 Å². The van der Waals surface area contributed by atoms with Gasteiger partial charge in [0.2, 0.25) is 0 Å². The third-order valence-corrected chi connectivity index (χ3v) is 5.23. The molecular weight excluding hydrogens is 406 g/mol. The van der Waals surface area contributed by atoms with Crippen LogP contribution in [0.25, 0.3) is 27.8 Å². The second-order valence-corrected chi connectivity index (χ2v) is 7.16. The Morgan fingerprint density at radius 2 is 1.69 bits per heavy atom. The lowest BCUT2D eigenvalue weighted by molar-refractivity contribution is 0.0519. The molecule has 0 saturated heterocycles. The molecule has 0 aliphatic rings. The molecule has 162 valence electrons. The first-order chi connectivity index (χ1) is 15.5. The quantitative estimate of drug-likeness (QED) is 0.416. The normalized spacial score (nSPS) is 10.8. The Balaban J connectivity index is 1.88. The second-order valence-electron chi connectivity index (χ2n) is 7.16. The highest BCUT2D eigenvalue weighted by Crippen LogP contribution is 2.30. The molecule has 2 aromatic carbocycles. The van der Waals surface area contributed by atoms with E-state index >= 15 is 0 Å². The number of rotatable bonds is 6. The average molecular weight is 429 g/mol. The summed E-state index contributed by atoms with van der Waals surface area (Å²) in [4.78, 5) is 28.9. The number of pyridine rings is 1. The van der Waals surface area contributed by atoms with E-state index in [2.05, 4.69) is 17.0 Å². The van der Waals surface area contributed by atoms with Gasteiger partial charge < -0.3 is 9.47 Å². The van der Waals surface area contributed by atoms with Crippen LogP contribution in [0.4, 0.5) is 0 Å². The van der Waals surface area contributed by atoms with Crippen molar-refractivity contribution < 1.29 is 19.1 Å². The van der Waals surface area contributed by atoms with E-state index in [0.717, 1.165) is 28.6 Å². The van der Waals surface area contributed by atoms with Gasteiger partial charge in [0.15, 0.2) is 11.3 Å². The van der Waals surface area contributed by atoms with Crippen LogP contribution in [0.2, 0.25) is 0 Å². The Labute approximate surface area is 185 Å². The van der Waals surface area contributed by atoms with Gasteiger partial charge in [0, 0.05) is 5.39 Å². The monoisotopic (exact) mass is 429 g/mol. The van der Waals surface area contributed by atoms with Gasteiger partial charge in [0.1, 0.15) is 0 Å². The van der Waals surface area contributed by atoms with Crippen LogP contribution in [0.5, 0.6) is 0 Å². The molecule has 0 radical (unpaired) electrons. The topological polar surface area (TPSA) is 83.3 Å². The molecule has 0 aliphatic heterocycles.